The average Bonchev–Trinajstić information content (AvgIpc) is 2.10. The van der Waals surface area contributed by atoms with Crippen LogP contribution in [-0.2, 0) is 0 Å². The summed E-state index contributed by atoms with van der Waals surface area (Å²) in [4.78, 5) is 0. The van der Waals surface area contributed by atoms with Crippen LogP contribution >= 0.6 is 46.4 Å². The second-order valence-corrected chi connectivity index (χ2v) is 3.92. The summed E-state index contributed by atoms with van der Waals surface area (Å²) in [5, 5.41) is -4.76. The lowest BCUT2D eigenvalue weighted by Gasteiger charge is -2.30. The van der Waals surface area contributed by atoms with Crippen LogP contribution < -0.4 is 0 Å². The van der Waals surface area contributed by atoms with E-state index in [0.717, 1.165) is 0 Å². The van der Waals surface area contributed by atoms with E-state index in [2.05, 4.69) is 0 Å². The molecule has 14 heavy (non-hydrogen) atoms. The Hall–Kier alpha value is 0.360. The fraction of sp³-hybridized carbons (Fsp3) is 0.333. The molecule has 8 heteroatoms. The minimum Gasteiger partial charge on any atom is -0.193 e. The molecular formula is C6Cl4F4. The van der Waals surface area contributed by atoms with Crippen molar-refractivity contribution < 1.29 is 17.6 Å². The summed E-state index contributed by atoms with van der Waals surface area (Å²) < 4.78 is 51.4. The summed E-state index contributed by atoms with van der Waals surface area (Å²) in [6.07, 6.45) is 0. The van der Waals surface area contributed by atoms with E-state index in [1.165, 1.54) is 0 Å². The topological polar surface area (TPSA) is 0 Å². The highest BCUT2D eigenvalue weighted by molar-refractivity contribution is 6.52. The molecule has 0 aromatic heterocycles. The van der Waals surface area contributed by atoms with Gasteiger partial charge in [0.1, 0.15) is 10.1 Å². The Morgan fingerprint density at radius 3 is 1.07 bits per heavy atom. The minimum atomic E-state index is -4.64. The van der Waals surface area contributed by atoms with E-state index in [4.69, 9.17) is 46.4 Å². The van der Waals surface area contributed by atoms with Crippen molar-refractivity contribution in [1.29, 1.82) is 0 Å². The summed E-state index contributed by atoms with van der Waals surface area (Å²) in [6.45, 7) is 0. The van der Waals surface area contributed by atoms with Crippen LogP contribution in [0.1, 0.15) is 0 Å². The Morgan fingerprint density at radius 2 is 0.857 bits per heavy atom. The number of allylic oxidation sites excluding steroid dienone is 4. The molecule has 0 heterocycles. The maximum Gasteiger partial charge on any atom is 0.352 e. The molecule has 1 rings (SSSR count). The largest absolute Gasteiger partial charge is 0.352 e. The molecule has 0 atom stereocenters. The Labute approximate surface area is 96.1 Å². The molecule has 0 N–H and O–H groups in total. The van der Waals surface area contributed by atoms with Crippen LogP contribution in [-0.4, -0.2) is 11.8 Å². The van der Waals surface area contributed by atoms with Gasteiger partial charge in [0, 0.05) is 0 Å². The number of alkyl halides is 4. The molecular weight excluding hydrogens is 290 g/mol. The van der Waals surface area contributed by atoms with Crippen molar-refractivity contribution >= 4 is 46.4 Å². The molecule has 0 saturated heterocycles. The fourth-order valence-electron chi connectivity index (χ4n) is 0.744. The maximum atomic E-state index is 12.8. The van der Waals surface area contributed by atoms with Gasteiger partial charge in [-0.15, -0.1) is 0 Å². The smallest absolute Gasteiger partial charge is 0.193 e. The molecule has 1 aliphatic rings. The molecule has 0 unspecified atom stereocenters. The monoisotopic (exact) mass is 288 g/mol. The van der Waals surface area contributed by atoms with Crippen LogP contribution in [0.4, 0.5) is 17.6 Å². The number of hydrogen-bond acceptors (Lipinski definition) is 0. The standard InChI is InChI=1S/C6Cl4F4/c7-1-2(8)4(10)6(13,14)5(11,12)3(1)9. The van der Waals surface area contributed by atoms with Crippen molar-refractivity contribution in [2.75, 3.05) is 0 Å². The van der Waals surface area contributed by atoms with Crippen LogP contribution in [0.3, 0.4) is 0 Å². The molecule has 0 aromatic carbocycles. The number of hydrogen-bond donors (Lipinski definition) is 0. The van der Waals surface area contributed by atoms with E-state index in [9.17, 15) is 17.6 Å². The Balaban J connectivity index is 3.48. The predicted molar refractivity (Wildman–Crippen MR) is 47.4 cm³/mol. The van der Waals surface area contributed by atoms with Crippen molar-refractivity contribution in [3.05, 3.63) is 20.1 Å². The van der Waals surface area contributed by atoms with Gasteiger partial charge in [0.05, 0.1) is 10.1 Å². The van der Waals surface area contributed by atoms with E-state index in [1.807, 2.05) is 0 Å². The van der Waals surface area contributed by atoms with Crippen molar-refractivity contribution in [2.45, 2.75) is 11.8 Å². The summed E-state index contributed by atoms with van der Waals surface area (Å²) in [7, 11) is 0. The van der Waals surface area contributed by atoms with Gasteiger partial charge in [-0.3, -0.25) is 0 Å². The zero-order valence-corrected chi connectivity index (χ0v) is 9.05. The second-order valence-electron chi connectivity index (χ2n) is 2.40. The van der Waals surface area contributed by atoms with Gasteiger partial charge in [-0.25, -0.2) is 0 Å². The molecule has 0 aromatic rings. The highest BCUT2D eigenvalue weighted by Gasteiger charge is 2.64. The zero-order chi connectivity index (χ0) is 11.3. The summed E-state index contributed by atoms with van der Waals surface area (Å²) >= 11 is 20.3. The molecule has 0 radical (unpaired) electrons. The highest BCUT2D eigenvalue weighted by atomic mass is 35.5. The Morgan fingerprint density at radius 1 is 0.643 bits per heavy atom. The molecule has 0 fully saturated rings. The quantitative estimate of drug-likeness (QED) is 0.570. The van der Waals surface area contributed by atoms with Gasteiger partial charge in [-0.1, -0.05) is 46.4 Å². The van der Waals surface area contributed by atoms with E-state index in [0.29, 0.717) is 0 Å². The lowest BCUT2D eigenvalue weighted by molar-refractivity contribution is -0.154. The summed E-state index contributed by atoms with van der Waals surface area (Å²) in [5.41, 5.74) is 0. The third-order valence-corrected chi connectivity index (χ3v) is 3.42. The van der Waals surface area contributed by atoms with Gasteiger partial charge in [0.2, 0.25) is 0 Å². The minimum absolute atomic E-state index is 0.866. The second kappa shape index (κ2) is 3.44. The van der Waals surface area contributed by atoms with Gasteiger partial charge < -0.3 is 0 Å². The zero-order valence-electron chi connectivity index (χ0n) is 6.02. The number of rotatable bonds is 0. The van der Waals surface area contributed by atoms with Gasteiger partial charge in [0.15, 0.2) is 0 Å². The van der Waals surface area contributed by atoms with Crippen LogP contribution in [0.2, 0.25) is 0 Å². The van der Waals surface area contributed by atoms with Crippen LogP contribution in [0.25, 0.3) is 0 Å². The van der Waals surface area contributed by atoms with Crippen LogP contribution in [0.15, 0.2) is 20.1 Å². The fourth-order valence-corrected chi connectivity index (χ4v) is 1.69. The van der Waals surface area contributed by atoms with Crippen molar-refractivity contribution in [2.24, 2.45) is 0 Å². The Kier molecular flexibility index (Phi) is 3.05. The van der Waals surface area contributed by atoms with E-state index in [1.54, 1.807) is 0 Å². The third-order valence-electron chi connectivity index (χ3n) is 1.52. The molecule has 0 spiro atoms. The van der Waals surface area contributed by atoms with Crippen molar-refractivity contribution in [1.82, 2.24) is 0 Å². The predicted octanol–water partition coefficient (Wildman–Crippen LogP) is 4.65. The summed E-state index contributed by atoms with van der Waals surface area (Å²) in [6, 6.07) is 0. The lowest BCUT2D eigenvalue weighted by atomic mass is 10.1. The van der Waals surface area contributed by atoms with Gasteiger partial charge in [0.25, 0.3) is 0 Å². The van der Waals surface area contributed by atoms with Crippen LogP contribution in [0.5, 0.6) is 0 Å². The van der Waals surface area contributed by atoms with Gasteiger partial charge >= 0.3 is 11.8 Å². The summed E-state index contributed by atoms with van der Waals surface area (Å²) in [5.74, 6) is -9.28. The molecule has 0 aliphatic heterocycles. The normalized spacial score (nSPS) is 25.7. The van der Waals surface area contributed by atoms with E-state index < -0.39 is 32.0 Å². The number of halogens is 8. The van der Waals surface area contributed by atoms with Gasteiger partial charge in [-0.05, 0) is 0 Å². The van der Waals surface area contributed by atoms with E-state index >= 15 is 0 Å². The average molecular weight is 290 g/mol. The molecule has 0 bridgehead atoms. The first kappa shape index (κ1) is 12.4. The van der Waals surface area contributed by atoms with Crippen molar-refractivity contribution in [3.8, 4) is 0 Å². The molecule has 1 aliphatic carbocycles. The highest BCUT2D eigenvalue weighted by Crippen LogP contribution is 2.55. The Bertz CT molecular complexity index is 310. The third kappa shape index (κ3) is 1.43. The molecule has 80 valence electrons. The molecule has 0 amide bonds. The SMILES string of the molecule is FC1(F)C(Cl)=C(Cl)C(Cl)=C(Cl)C1(F)F. The lowest BCUT2D eigenvalue weighted by Crippen LogP contribution is -2.44. The first-order valence-electron chi connectivity index (χ1n) is 3.01. The molecule has 0 nitrogen and oxygen atoms in total. The van der Waals surface area contributed by atoms with Crippen molar-refractivity contribution in [3.63, 3.8) is 0 Å². The first-order chi connectivity index (χ1) is 6.14. The maximum absolute atomic E-state index is 12.8. The van der Waals surface area contributed by atoms with E-state index in [-0.39, 0.29) is 0 Å². The first-order valence-corrected chi connectivity index (χ1v) is 4.52. The molecule has 0 saturated carbocycles. The van der Waals surface area contributed by atoms with Gasteiger partial charge in [-0.2, -0.15) is 17.6 Å². The van der Waals surface area contributed by atoms with Crippen LogP contribution in [0, 0.1) is 0 Å².